The van der Waals surface area contributed by atoms with Gasteiger partial charge in [-0.25, -0.2) is 4.98 Å². The van der Waals surface area contributed by atoms with Crippen molar-refractivity contribution in [3.05, 3.63) is 66.2 Å². The van der Waals surface area contributed by atoms with Gasteiger partial charge in [0.15, 0.2) is 5.76 Å². The lowest BCUT2D eigenvalue weighted by Gasteiger charge is -2.08. The average Bonchev–Trinajstić information content (AvgIpc) is 3.24. The van der Waals surface area contributed by atoms with Gasteiger partial charge < -0.3 is 9.73 Å². The lowest BCUT2D eigenvalue weighted by Crippen LogP contribution is -2.42. The number of hydrogen-bond donors (Lipinski definition) is 3. The van der Waals surface area contributed by atoms with Gasteiger partial charge in [0, 0.05) is 18.4 Å². The van der Waals surface area contributed by atoms with Gasteiger partial charge >= 0.3 is 0 Å². The summed E-state index contributed by atoms with van der Waals surface area (Å²) in [5, 5.41) is 3.56. The number of hydrogen-bond acceptors (Lipinski definition) is 5. The minimum atomic E-state index is -0.500. The van der Waals surface area contributed by atoms with E-state index in [9.17, 15) is 14.4 Å². The van der Waals surface area contributed by atoms with Crippen LogP contribution in [0.2, 0.25) is 0 Å². The molecule has 3 amide bonds. The molecule has 3 N–H and O–H groups in total. The van der Waals surface area contributed by atoms with Crippen molar-refractivity contribution in [1.29, 1.82) is 0 Å². The van der Waals surface area contributed by atoms with Crippen molar-refractivity contribution in [3.63, 3.8) is 0 Å². The molecule has 0 bridgehead atoms. The highest BCUT2D eigenvalue weighted by atomic mass is 16.3. The SMILES string of the molecule is O=C(CCCNC(=O)c1ccco1)NNC(=O)c1ccc2ccccc2n1. The second kappa shape index (κ2) is 8.61. The van der Waals surface area contributed by atoms with Crippen LogP contribution in [0.5, 0.6) is 0 Å². The molecule has 0 saturated heterocycles. The maximum atomic E-state index is 12.1. The van der Waals surface area contributed by atoms with Gasteiger partial charge in [0.2, 0.25) is 5.91 Å². The van der Waals surface area contributed by atoms with E-state index >= 15 is 0 Å². The summed E-state index contributed by atoms with van der Waals surface area (Å²) in [7, 11) is 0. The Morgan fingerprint density at radius 2 is 1.78 bits per heavy atom. The molecule has 0 fully saturated rings. The average molecular weight is 366 g/mol. The molecule has 0 aliphatic carbocycles. The lowest BCUT2D eigenvalue weighted by molar-refractivity contribution is -0.121. The number of nitrogens with zero attached hydrogens (tertiary/aromatic N) is 1. The molecule has 2 aromatic heterocycles. The Morgan fingerprint density at radius 1 is 0.926 bits per heavy atom. The predicted molar refractivity (Wildman–Crippen MR) is 97.6 cm³/mol. The topological polar surface area (TPSA) is 113 Å². The third kappa shape index (κ3) is 4.91. The van der Waals surface area contributed by atoms with Gasteiger partial charge in [-0.05, 0) is 30.7 Å². The molecule has 0 radical (unpaired) electrons. The van der Waals surface area contributed by atoms with Crippen LogP contribution in [-0.2, 0) is 4.79 Å². The fourth-order valence-electron chi connectivity index (χ4n) is 2.39. The molecule has 0 aliphatic rings. The van der Waals surface area contributed by atoms with Crippen LogP contribution in [0.15, 0.2) is 59.2 Å². The first-order valence-electron chi connectivity index (χ1n) is 8.40. The molecule has 8 nitrogen and oxygen atoms in total. The van der Waals surface area contributed by atoms with Crippen molar-refractivity contribution in [2.24, 2.45) is 0 Å². The Morgan fingerprint density at radius 3 is 2.59 bits per heavy atom. The van der Waals surface area contributed by atoms with Crippen molar-refractivity contribution in [2.75, 3.05) is 6.54 Å². The number of benzene rings is 1. The Kier molecular flexibility index (Phi) is 5.78. The number of nitrogens with one attached hydrogen (secondary N) is 3. The second-order valence-electron chi connectivity index (χ2n) is 5.73. The van der Waals surface area contributed by atoms with E-state index in [1.54, 1.807) is 24.3 Å². The summed E-state index contributed by atoms with van der Waals surface area (Å²) in [5.41, 5.74) is 5.57. The number of hydrazine groups is 1. The van der Waals surface area contributed by atoms with Crippen LogP contribution < -0.4 is 16.2 Å². The molecular formula is C19H18N4O4. The molecule has 3 aromatic rings. The largest absolute Gasteiger partial charge is 0.459 e. The highest BCUT2D eigenvalue weighted by molar-refractivity contribution is 5.96. The van der Waals surface area contributed by atoms with Crippen LogP contribution in [0.3, 0.4) is 0 Å². The Hall–Kier alpha value is -3.68. The molecule has 1 aromatic carbocycles. The second-order valence-corrected chi connectivity index (χ2v) is 5.73. The van der Waals surface area contributed by atoms with E-state index in [0.717, 1.165) is 5.39 Å². The zero-order valence-corrected chi connectivity index (χ0v) is 14.4. The third-order valence-corrected chi connectivity index (χ3v) is 3.76. The van der Waals surface area contributed by atoms with Gasteiger partial charge in [0.1, 0.15) is 5.69 Å². The molecule has 0 unspecified atom stereocenters. The Labute approximate surface area is 154 Å². The van der Waals surface area contributed by atoms with Crippen LogP contribution >= 0.6 is 0 Å². The highest BCUT2D eigenvalue weighted by Crippen LogP contribution is 2.11. The molecule has 0 atom stereocenters. The fourth-order valence-corrected chi connectivity index (χ4v) is 2.39. The van der Waals surface area contributed by atoms with Gasteiger partial charge in [-0.3, -0.25) is 25.2 Å². The van der Waals surface area contributed by atoms with Crippen molar-refractivity contribution in [3.8, 4) is 0 Å². The standard InChI is InChI=1S/C19H18N4O4/c24-17(8-3-11-20-19(26)16-7-4-12-27-16)22-23-18(25)15-10-9-13-5-1-2-6-14(13)21-15/h1-2,4-7,9-10,12H,3,8,11H2,(H,20,26)(H,22,24)(H,23,25). The zero-order valence-electron chi connectivity index (χ0n) is 14.4. The van der Waals surface area contributed by atoms with Crippen molar-refractivity contribution >= 4 is 28.6 Å². The molecule has 27 heavy (non-hydrogen) atoms. The summed E-state index contributed by atoms with van der Waals surface area (Å²) in [6.45, 7) is 0.313. The minimum absolute atomic E-state index is 0.143. The maximum absolute atomic E-state index is 12.1. The number of carbonyl (C=O) groups excluding carboxylic acids is 3. The summed E-state index contributed by atoms with van der Waals surface area (Å²) in [6, 6.07) is 14.0. The summed E-state index contributed by atoms with van der Waals surface area (Å²) in [5.74, 6) is -0.984. The van der Waals surface area contributed by atoms with E-state index in [0.29, 0.717) is 18.5 Å². The van der Waals surface area contributed by atoms with Crippen LogP contribution in [0, 0.1) is 0 Å². The number of rotatable bonds is 6. The Balaban J connectivity index is 1.39. The van der Waals surface area contributed by atoms with Crippen molar-refractivity contribution in [1.82, 2.24) is 21.2 Å². The summed E-state index contributed by atoms with van der Waals surface area (Å²) >= 11 is 0. The lowest BCUT2D eigenvalue weighted by atomic mass is 10.2. The van der Waals surface area contributed by atoms with Crippen LogP contribution in [-0.4, -0.2) is 29.3 Å². The van der Waals surface area contributed by atoms with E-state index in [1.807, 2.05) is 24.3 Å². The van der Waals surface area contributed by atoms with E-state index in [2.05, 4.69) is 21.2 Å². The maximum Gasteiger partial charge on any atom is 0.288 e. The molecule has 0 spiro atoms. The predicted octanol–water partition coefficient (Wildman–Crippen LogP) is 1.80. The molecule has 3 rings (SSSR count). The van der Waals surface area contributed by atoms with Crippen molar-refractivity contribution in [2.45, 2.75) is 12.8 Å². The minimum Gasteiger partial charge on any atom is -0.459 e. The third-order valence-electron chi connectivity index (χ3n) is 3.76. The van der Waals surface area contributed by atoms with Gasteiger partial charge in [0.05, 0.1) is 11.8 Å². The first kappa shape index (κ1) is 18.1. The quantitative estimate of drug-likeness (QED) is 0.455. The summed E-state index contributed by atoms with van der Waals surface area (Å²) < 4.78 is 4.96. The number of carbonyl (C=O) groups is 3. The number of amides is 3. The van der Waals surface area contributed by atoms with Crippen LogP contribution in [0.1, 0.15) is 33.9 Å². The Bertz CT molecular complexity index is 953. The van der Waals surface area contributed by atoms with Gasteiger partial charge in [-0.2, -0.15) is 0 Å². The zero-order chi connectivity index (χ0) is 19.1. The fraction of sp³-hybridized carbons (Fsp3) is 0.158. The monoisotopic (exact) mass is 366 g/mol. The number of para-hydroxylation sites is 1. The molecule has 2 heterocycles. The normalized spacial score (nSPS) is 10.4. The van der Waals surface area contributed by atoms with E-state index in [1.165, 1.54) is 6.26 Å². The molecule has 0 saturated carbocycles. The van der Waals surface area contributed by atoms with Crippen LogP contribution in [0.4, 0.5) is 0 Å². The summed E-state index contributed by atoms with van der Waals surface area (Å²) in [4.78, 5) is 39.8. The van der Waals surface area contributed by atoms with Gasteiger partial charge in [0.25, 0.3) is 11.8 Å². The number of furan rings is 1. The van der Waals surface area contributed by atoms with Crippen LogP contribution in [0.25, 0.3) is 10.9 Å². The smallest absolute Gasteiger partial charge is 0.288 e. The molecular weight excluding hydrogens is 348 g/mol. The summed E-state index contributed by atoms with van der Waals surface area (Å²) in [6.07, 6.45) is 1.97. The first-order chi connectivity index (χ1) is 13.1. The van der Waals surface area contributed by atoms with Gasteiger partial charge in [-0.15, -0.1) is 0 Å². The highest BCUT2D eigenvalue weighted by Gasteiger charge is 2.10. The van der Waals surface area contributed by atoms with E-state index < -0.39 is 5.91 Å². The number of pyridine rings is 1. The van der Waals surface area contributed by atoms with Gasteiger partial charge in [-0.1, -0.05) is 24.3 Å². The molecule has 8 heteroatoms. The number of fused-ring (bicyclic) bond motifs is 1. The molecule has 0 aliphatic heterocycles. The van der Waals surface area contributed by atoms with E-state index in [4.69, 9.17) is 4.42 Å². The van der Waals surface area contributed by atoms with E-state index in [-0.39, 0.29) is 29.7 Å². The number of aromatic nitrogens is 1. The van der Waals surface area contributed by atoms with Crippen molar-refractivity contribution < 1.29 is 18.8 Å². The molecule has 138 valence electrons. The first-order valence-corrected chi connectivity index (χ1v) is 8.40.